The van der Waals surface area contributed by atoms with Crippen LogP contribution in [-0.4, -0.2) is 28.3 Å². The van der Waals surface area contributed by atoms with E-state index in [-0.39, 0.29) is 11.1 Å². The molecular formula is C16H19Br2NO3. The summed E-state index contributed by atoms with van der Waals surface area (Å²) < 4.78 is 6.28. The Morgan fingerprint density at radius 2 is 1.91 bits per heavy atom. The molecule has 1 N–H and O–H groups in total. The quantitative estimate of drug-likeness (QED) is 0.739. The lowest BCUT2D eigenvalue weighted by Gasteiger charge is -2.30. The maximum absolute atomic E-state index is 12.5. The van der Waals surface area contributed by atoms with E-state index in [2.05, 4.69) is 37.2 Å². The zero-order valence-electron chi connectivity index (χ0n) is 12.8. The molecule has 1 aliphatic carbocycles. The van der Waals surface area contributed by atoms with Crippen LogP contribution in [0.5, 0.6) is 0 Å². The molecule has 1 amide bonds. The SMILES string of the molecule is CC(C)(C)OC(=O)NC1(C(=O)CBr)Cc2ccc(Br)cc2C1. The van der Waals surface area contributed by atoms with Gasteiger partial charge >= 0.3 is 6.09 Å². The fraction of sp³-hybridized carbons (Fsp3) is 0.500. The maximum atomic E-state index is 12.5. The molecule has 0 aliphatic heterocycles. The van der Waals surface area contributed by atoms with Crippen molar-refractivity contribution in [3.63, 3.8) is 0 Å². The summed E-state index contributed by atoms with van der Waals surface area (Å²) in [5.74, 6) is -0.0503. The van der Waals surface area contributed by atoms with Crippen molar-refractivity contribution in [1.29, 1.82) is 0 Å². The molecule has 0 saturated heterocycles. The van der Waals surface area contributed by atoms with Crippen LogP contribution in [-0.2, 0) is 22.4 Å². The Labute approximate surface area is 147 Å². The molecule has 120 valence electrons. The lowest BCUT2D eigenvalue weighted by Crippen LogP contribution is -2.56. The lowest BCUT2D eigenvalue weighted by molar-refractivity contribution is -0.122. The third kappa shape index (κ3) is 3.90. The first-order chi connectivity index (χ1) is 10.1. The van der Waals surface area contributed by atoms with Gasteiger partial charge in [0.2, 0.25) is 0 Å². The Balaban J connectivity index is 2.25. The van der Waals surface area contributed by atoms with E-state index in [9.17, 15) is 9.59 Å². The van der Waals surface area contributed by atoms with Gasteiger partial charge in [0, 0.05) is 17.3 Å². The van der Waals surface area contributed by atoms with Gasteiger partial charge in [-0.25, -0.2) is 4.79 Å². The standard InChI is InChI=1S/C16H19Br2NO3/c1-15(2,3)22-14(21)19-16(13(20)9-17)7-10-4-5-12(18)6-11(10)8-16/h4-6H,7-9H2,1-3H3,(H,19,21). The normalized spacial score (nSPS) is 20.4. The molecule has 4 nitrogen and oxygen atoms in total. The molecule has 0 bridgehead atoms. The number of amides is 1. The second-order valence-corrected chi connectivity index (χ2v) is 8.01. The molecule has 2 rings (SSSR count). The molecule has 0 aromatic heterocycles. The number of Topliss-reactive ketones (excluding diaryl/α,β-unsaturated/α-hetero) is 1. The number of alkyl carbamates (subject to hydrolysis) is 1. The summed E-state index contributed by atoms with van der Waals surface area (Å²) in [4.78, 5) is 24.6. The highest BCUT2D eigenvalue weighted by Crippen LogP contribution is 2.33. The van der Waals surface area contributed by atoms with Crippen LogP contribution in [0.15, 0.2) is 22.7 Å². The van der Waals surface area contributed by atoms with Crippen molar-refractivity contribution in [1.82, 2.24) is 5.32 Å². The average molecular weight is 433 g/mol. The summed E-state index contributed by atoms with van der Waals surface area (Å²) in [6.07, 6.45) is 0.402. The van der Waals surface area contributed by atoms with Crippen LogP contribution in [0, 0.1) is 0 Å². The number of nitrogens with one attached hydrogen (secondary N) is 1. The number of benzene rings is 1. The first-order valence-electron chi connectivity index (χ1n) is 7.03. The third-order valence-electron chi connectivity index (χ3n) is 3.55. The zero-order valence-corrected chi connectivity index (χ0v) is 16.0. The number of ketones is 1. The zero-order chi connectivity index (χ0) is 16.5. The van der Waals surface area contributed by atoms with Crippen molar-refractivity contribution in [2.75, 3.05) is 5.33 Å². The Kier molecular flexibility index (Phi) is 5.02. The number of halogens is 2. The molecule has 1 atom stereocenters. The Bertz CT molecular complexity index is 610. The van der Waals surface area contributed by atoms with E-state index in [1.165, 1.54) is 0 Å². The fourth-order valence-electron chi connectivity index (χ4n) is 2.63. The molecular weight excluding hydrogens is 414 g/mol. The number of carbonyl (C=O) groups excluding carboxylic acids is 2. The number of rotatable bonds is 3. The predicted octanol–water partition coefficient (Wildman–Crippen LogP) is 3.78. The molecule has 0 saturated carbocycles. The second-order valence-electron chi connectivity index (χ2n) is 6.53. The Hall–Kier alpha value is -0.880. The van der Waals surface area contributed by atoms with Crippen LogP contribution < -0.4 is 5.32 Å². The Morgan fingerprint density at radius 1 is 1.27 bits per heavy atom. The highest BCUT2D eigenvalue weighted by Gasteiger charge is 2.45. The van der Waals surface area contributed by atoms with Gasteiger partial charge in [0.05, 0.1) is 5.33 Å². The molecule has 0 spiro atoms. The molecule has 1 aromatic carbocycles. The van der Waals surface area contributed by atoms with Crippen LogP contribution in [0.1, 0.15) is 31.9 Å². The summed E-state index contributed by atoms with van der Waals surface area (Å²) in [6, 6.07) is 5.93. The van der Waals surface area contributed by atoms with Crippen molar-refractivity contribution >= 4 is 43.7 Å². The van der Waals surface area contributed by atoms with Crippen LogP contribution in [0.3, 0.4) is 0 Å². The molecule has 0 heterocycles. The van der Waals surface area contributed by atoms with Gasteiger partial charge in [0.1, 0.15) is 11.1 Å². The van der Waals surface area contributed by atoms with Gasteiger partial charge in [-0.2, -0.15) is 0 Å². The smallest absolute Gasteiger partial charge is 0.408 e. The predicted molar refractivity (Wildman–Crippen MR) is 92.5 cm³/mol. The second kappa shape index (κ2) is 6.32. The molecule has 6 heteroatoms. The van der Waals surface area contributed by atoms with E-state index in [1.54, 1.807) is 20.8 Å². The summed E-state index contributed by atoms with van der Waals surface area (Å²) in [5.41, 5.74) is 0.611. The summed E-state index contributed by atoms with van der Waals surface area (Å²) in [7, 11) is 0. The first-order valence-corrected chi connectivity index (χ1v) is 8.94. The van der Waals surface area contributed by atoms with Gasteiger partial charge in [-0.15, -0.1) is 0 Å². The largest absolute Gasteiger partial charge is 0.444 e. The van der Waals surface area contributed by atoms with E-state index >= 15 is 0 Å². The van der Waals surface area contributed by atoms with Crippen molar-refractivity contribution in [2.45, 2.75) is 44.8 Å². The highest BCUT2D eigenvalue weighted by molar-refractivity contribution is 9.10. The maximum Gasteiger partial charge on any atom is 0.408 e. The summed E-state index contributed by atoms with van der Waals surface area (Å²) >= 11 is 6.66. The Morgan fingerprint density at radius 3 is 2.50 bits per heavy atom. The van der Waals surface area contributed by atoms with E-state index in [1.807, 2.05) is 18.2 Å². The molecule has 0 fully saturated rings. The summed E-state index contributed by atoms with van der Waals surface area (Å²) in [6.45, 7) is 5.39. The number of carbonyl (C=O) groups is 2. The van der Waals surface area contributed by atoms with Crippen molar-refractivity contribution in [3.05, 3.63) is 33.8 Å². The number of ether oxygens (including phenoxy) is 1. The molecule has 22 heavy (non-hydrogen) atoms. The van der Waals surface area contributed by atoms with Crippen LogP contribution in [0.4, 0.5) is 4.79 Å². The monoisotopic (exact) mass is 431 g/mol. The number of alkyl halides is 1. The first kappa shape index (κ1) is 17.5. The summed E-state index contributed by atoms with van der Waals surface area (Å²) in [5, 5.41) is 3.00. The third-order valence-corrected chi connectivity index (χ3v) is 4.55. The minimum absolute atomic E-state index is 0.0503. The number of hydrogen-bond acceptors (Lipinski definition) is 3. The number of hydrogen-bond donors (Lipinski definition) is 1. The molecule has 1 aliphatic rings. The van der Waals surface area contributed by atoms with E-state index in [0.717, 1.165) is 15.6 Å². The van der Waals surface area contributed by atoms with Crippen LogP contribution in [0.25, 0.3) is 0 Å². The molecule has 1 aromatic rings. The van der Waals surface area contributed by atoms with Gasteiger partial charge in [-0.1, -0.05) is 37.9 Å². The lowest BCUT2D eigenvalue weighted by atomic mass is 9.91. The van der Waals surface area contributed by atoms with Crippen molar-refractivity contribution in [3.8, 4) is 0 Å². The van der Waals surface area contributed by atoms with Crippen molar-refractivity contribution in [2.24, 2.45) is 0 Å². The van der Waals surface area contributed by atoms with Crippen molar-refractivity contribution < 1.29 is 14.3 Å². The molecule has 0 radical (unpaired) electrons. The van der Waals surface area contributed by atoms with Gasteiger partial charge in [-0.3, -0.25) is 4.79 Å². The average Bonchev–Trinajstić information content (AvgIpc) is 2.73. The van der Waals surface area contributed by atoms with Crippen LogP contribution in [0.2, 0.25) is 0 Å². The minimum Gasteiger partial charge on any atom is -0.444 e. The fourth-order valence-corrected chi connectivity index (χ4v) is 3.57. The number of fused-ring (bicyclic) bond motifs is 1. The van der Waals surface area contributed by atoms with Crippen LogP contribution >= 0.6 is 31.9 Å². The minimum atomic E-state index is -0.936. The van der Waals surface area contributed by atoms with Gasteiger partial charge in [-0.05, 0) is 44.0 Å². The van der Waals surface area contributed by atoms with E-state index in [4.69, 9.17) is 4.74 Å². The van der Waals surface area contributed by atoms with Gasteiger partial charge in [0.25, 0.3) is 0 Å². The van der Waals surface area contributed by atoms with Gasteiger partial charge in [0.15, 0.2) is 5.78 Å². The van der Waals surface area contributed by atoms with Gasteiger partial charge < -0.3 is 10.1 Å². The van der Waals surface area contributed by atoms with E-state index < -0.39 is 17.2 Å². The molecule has 1 unspecified atom stereocenters. The topological polar surface area (TPSA) is 55.4 Å². The van der Waals surface area contributed by atoms with E-state index in [0.29, 0.717) is 12.8 Å². The highest BCUT2D eigenvalue weighted by atomic mass is 79.9.